The third kappa shape index (κ3) is 7.50. The zero-order valence-corrected chi connectivity index (χ0v) is 22.1. The van der Waals surface area contributed by atoms with E-state index in [-0.39, 0.29) is 29.6 Å². The predicted molar refractivity (Wildman–Crippen MR) is 135 cm³/mol. The number of carbonyl (C=O) groups excluding carboxylic acids is 1. The van der Waals surface area contributed by atoms with Crippen LogP contribution in [0.4, 0.5) is 9.18 Å². The van der Waals surface area contributed by atoms with Crippen molar-refractivity contribution in [2.45, 2.75) is 49.9 Å². The molecule has 0 radical (unpaired) electrons. The van der Waals surface area contributed by atoms with Crippen molar-refractivity contribution in [2.24, 2.45) is 0 Å². The minimum absolute atomic E-state index is 0.0636. The lowest BCUT2D eigenvalue weighted by atomic mass is 10.2. The van der Waals surface area contributed by atoms with E-state index in [4.69, 9.17) is 9.47 Å². The zero-order chi connectivity index (χ0) is 26.3. The fourth-order valence-electron chi connectivity index (χ4n) is 4.62. The first kappa shape index (κ1) is 27.5. The molecule has 1 aromatic carbocycles. The first-order valence-electron chi connectivity index (χ1n) is 12.8. The minimum atomic E-state index is -3.84. The Balaban J connectivity index is 1.58. The molecule has 0 bridgehead atoms. The summed E-state index contributed by atoms with van der Waals surface area (Å²) in [4.78, 5) is 21.2. The molecular formula is C25H36FN5O5S. The van der Waals surface area contributed by atoms with Gasteiger partial charge in [0.05, 0.1) is 50.1 Å². The Kier molecular flexibility index (Phi) is 9.52. The van der Waals surface area contributed by atoms with Gasteiger partial charge >= 0.3 is 6.03 Å². The number of ether oxygens (including phenoxy) is 2. The number of imidazole rings is 1. The van der Waals surface area contributed by atoms with Gasteiger partial charge in [0.25, 0.3) is 0 Å². The van der Waals surface area contributed by atoms with Crippen LogP contribution in [0.5, 0.6) is 0 Å². The van der Waals surface area contributed by atoms with Crippen LogP contribution in [0.3, 0.4) is 0 Å². The number of hydrogen-bond donors (Lipinski definition) is 1. The molecule has 3 heterocycles. The highest BCUT2D eigenvalue weighted by Gasteiger charge is 2.28. The standard InChI is InChI=1S/C25H36FN5O5S/c1-2-27-24(32)30(10-9-29-11-14-35-15-12-29)17-22-16-28-25(31(22)18-23-4-3-13-36-23)37(33,34)19-20-5-7-21(26)8-6-20/h5-8,16,23H,2-4,9-15,17-19H2,1H3,(H,27,32)/t23-/m0/s1. The number of aromatic nitrogens is 2. The summed E-state index contributed by atoms with van der Waals surface area (Å²) in [5.41, 5.74) is 1.10. The molecule has 0 aliphatic carbocycles. The van der Waals surface area contributed by atoms with Gasteiger partial charge in [0, 0.05) is 39.3 Å². The quantitative estimate of drug-likeness (QED) is 0.468. The van der Waals surface area contributed by atoms with Gasteiger partial charge in [0.1, 0.15) is 5.82 Å². The van der Waals surface area contributed by atoms with Crippen molar-refractivity contribution in [3.05, 3.63) is 47.5 Å². The van der Waals surface area contributed by atoms with Crippen LogP contribution in [0.25, 0.3) is 0 Å². The molecule has 204 valence electrons. The lowest BCUT2D eigenvalue weighted by molar-refractivity contribution is 0.0345. The Morgan fingerprint density at radius 3 is 2.65 bits per heavy atom. The molecule has 0 saturated carbocycles. The number of amides is 2. The summed E-state index contributed by atoms with van der Waals surface area (Å²) in [5, 5.41) is 2.80. The minimum Gasteiger partial charge on any atom is -0.379 e. The van der Waals surface area contributed by atoms with Gasteiger partial charge in [-0.1, -0.05) is 12.1 Å². The Morgan fingerprint density at radius 2 is 1.97 bits per heavy atom. The molecule has 0 spiro atoms. The number of carbonyl (C=O) groups is 1. The lowest BCUT2D eigenvalue weighted by Gasteiger charge is -2.30. The van der Waals surface area contributed by atoms with E-state index in [0.717, 1.165) is 25.9 Å². The second kappa shape index (κ2) is 12.8. The average Bonchev–Trinajstić information content (AvgIpc) is 3.54. The van der Waals surface area contributed by atoms with E-state index in [1.165, 1.54) is 30.5 Å². The second-order valence-electron chi connectivity index (χ2n) is 9.37. The van der Waals surface area contributed by atoms with Crippen LogP contribution < -0.4 is 5.32 Å². The molecule has 0 unspecified atom stereocenters. The molecule has 1 N–H and O–H groups in total. The van der Waals surface area contributed by atoms with Crippen molar-refractivity contribution < 1.29 is 27.1 Å². The number of rotatable bonds is 11. The first-order chi connectivity index (χ1) is 17.9. The zero-order valence-electron chi connectivity index (χ0n) is 21.3. The molecule has 1 atom stereocenters. The molecule has 37 heavy (non-hydrogen) atoms. The van der Waals surface area contributed by atoms with E-state index in [1.54, 1.807) is 9.47 Å². The van der Waals surface area contributed by atoms with E-state index < -0.39 is 15.7 Å². The molecule has 4 rings (SSSR count). The molecule has 2 aliphatic heterocycles. The lowest BCUT2D eigenvalue weighted by Crippen LogP contribution is -2.46. The number of urea groups is 1. The highest BCUT2D eigenvalue weighted by Crippen LogP contribution is 2.23. The summed E-state index contributed by atoms with van der Waals surface area (Å²) in [6.45, 7) is 7.66. The Morgan fingerprint density at radius 1 is 1.22 bits per heavy atom. The number of sulfone groups is 1. The molecule has 2 amide bonds. The van der Waals surface area contributed by atoms with Crippen LogP contribution in [0.1, 0.15) is 31.0 Å². The fraction of sp³-hybridized carbons (Fsp3) is 0.600. The Hall–Kier alpha value is -2.54. The summed E-state index contributed by atoms with van der Waals surface area (Å²) >= 11 is 0. The molecule has 10 nitrogen and oxygen atoms in total. The second-order valence-corrected chi connectivity index (χ2v) is 11.3. The average molecular weight is 538 g/mol. The number of morpholine rings is 1. The van der Waals surface area contributed by atoms with Gasteiger partial charge in [-0.2, -0.15) is 0 Å². The van der Waals surface area contributed by atoms with Crippen LogP contribution in [-0.2, 0) is 38.2 Å². The maximum Gasteiger partial charge on any atom is 0.317 e. The molecule has 2 saturated heterocycles. The van der Waals surface area contributed by atoms with Crippen LogP contribution in [0.15, 0.2) is 35.6 Å². The van der Waals surface area contributed by atoms with Gasteiger partial charge in [-0.3, -0.25) is 4.90 Å². The van der Waals surface area contributed by atoms with Crippen molar-refractivity contribution in [1.29, 1.82) is 0 Å². The van der Waals surface area contributed by atoms with E-state index >= 15 is 0 Å². The first-order valence-corrected chi connectivity index (χ1v) is 14.5. The maximum absolute atomic E-state index is 13.4. The predicted octanol–water partition coefficient (Wildman–Crippen LogP) is 2.04. The fourth-order valence-corrected chi connectivity index (χ4v) is 6.12. The topological polar surface area (TPSA) is 106 Å². The molecule has 2 aromatic rings. The molecule has 2 aliphatic rings. The number of halogens is 1. The van der Waals surface area contributed by atoms with Crippen LogP contribution >= 0.6 is 0 Å². The van der Waals surface area contributed by atoms with Crippen molar-refractivity contribution in [1.82, 2.24) is 24.7 Å². The van der Waals surface area contributed by atoms with Crippen LogP contribution in [0.2, 0.25) is 0 Å². The normalized spacial score (nSPS) is 18.7. The van der Waals surface area contributed by atoms with E-state index in [1.807, 2.05) is 6.92 Å². The van der Waals surface area contributed by atoms with Gasteiger partial charge in [0.2, 0.25) is 15.0 Å². The van der Waals surface area contributed by atoms with Gasteiger partial charge < -0.3 is 24.3 Å². The van der Waals surface area contributed by atoms with Crippen molar-refractivity contribution in [2.75, 3.05) is 52.5 Å². The Bertz CT molecular complexity index is 1130. The van der Waals surface area contributed by atoms with E-state index in [9.17, 15) is 17.6 Å². The van der Waals surface area contributed by atoms with Crippen molar-refractivity contribution >= 4 is 15.9 Å². The number of hydrogen-bond acceptors (Lipinski definition) is 7. The van der Waals surface area contributed by atoms with Gasteiger partial charge in [-0.05, 0) is 37.5 Å². The van der Waals surface area contributed by atoms with Crippen LogP contribution in [0, 0.1) is 5.82 Å². The van der Waals surface area contributed by atoms with Gasteiger partial charge in [0.15, 0.2) is 0 Å². The summed E-state index contributed by atoms with van der Waals surface area (Å²) in [6, 6.07) is 5.20. The summed E-state index contributed by atoms with van der Waals surface area (Å²) in [6.07, 6.45) is 3.15. The van der Waals surface area contributed by atoms with Gasteiger partial charge in [-0.15, -0.1) is 0 Å². The van der Waals surface area contributed by atoms with E-state index in [2.05, 4.69) is 15.2 Å². The smallest absolute Gasteiger partial charge is 0.317 e. The third-order valence-electron chi connectivity index (χ3n) is 6.62. The van der Waals surface area contributed by atoms with Crippen molar-refractivity contribution in [3.63, 3.8) is 0 Å². The van der Waals surface area contributed by atoms with Crippen molar-refractivity contribution in [3.8, 4) is 0 Å². The molecule has 12 heteroatoms. The highest BCUT2D eigenvalue weighted by atomic mass is 32.2. The van der Waals surface area contributed by atoms with Gasteiger partial charge in [-0.25, -0.2) is 22.6 Å². The summed E-state index contributed by atoms with van der Waals surface area (Å²) in [7, 11) is -3.84. The number of nitrogens with zero attached hydrogens (tertiary/aromatic N) is 4. The number of nitrogens with one attached hydrogen (secondary N) is 1. The summed E-state index contributed by atoms with van der Waals surface area (Å²) in [5.74, 6) is -0.724. The molecule has 2 fully saturated rings. The van der Waals surface area contributed by atoms with E-state index in [0.29, 0.717) is 57.3 Å². The molecular weight excluding hydrogens is 501 g/mol. The summed E-state index contributed by atoms with van der Waals surface area (Å²) < 4.78 is 53.1. The SMILES string of the molecule is CCNC(=O)N(CCN1CCOCC1)Cc1cnc(S(=O)(=O)Cc2ccc(F)cc2)n1C[C@@H]1CCCO1. The Labute approximate surface area is 217 Å². The number of benzene rings is 1. The maximum atomic E-state index is 13.4. The monoisotopic (exact) mass is 537 g/mol. The van der Waals surface area contributed by atoms with Crippen LogP contribution in [-0.4, -0.2) is 92.4 Å². The highest BCUT2D eigenvalue weighted by molar-refractivity contribution is 7.90. The molecule has 1 aromatic heterocycles. The third-order valence-corrected chi connectivity index (χ3v) is 8.21. The largest absolute Gasteiger partial charge is 0.379 e.